The van der Waals surface area contributed by atoms with Gasteiger partial charge in [0, 0.05) is 10.7 Å². The van der Waals surface area contributed by atoms with E-state index in [1.54, 1.807) is 48.5 Å². The van der Waals surface area contributed by atoms with Crippen LogP contribution in [0, 0.1) is 0 Å². The van der Waals surface area contributed by atoms with Gasteiger partial charge in [0.25, 0.3) is 10.0 Å². The van der Waals surface area contributed by atoms with E-state index in [1.165, 1.54) is 31.4 Å². The van der Waals surface area contributed by atoms with Crippen LogP contribution in [0.5, 0.6) is 5.75 Å². The van der Waals surface area contributed by atoms with Gasteiger partial charge in [-0.15, -0.1) is 0 Å². The molecule has 0 heterocycles. The molecule has 0 fully saturated rings. The maximum atomic E-state index is 13.3. The number of hydrogen-bond acceptors (Lipinski definition) is 4. The molecule has 9 heteroatoms. The Labute approximate surface area is 185 Å². The van der Waals surface area contributed by atoms with Crippen molar-refractivity contribution < 1.29 is 17.9 Å². The average molecular weight is 465 g/mol. The maximum absolute atomic E-state index is 13.3. The Morgan fingerprint density at radius 3 is 2.37 bits per heavy atom. The highest BCUT2D eigenvalue weighted by atomic mass is 35.5. The molecular formula is C21H18Cl2N2O4S. The van der Waals surface area contributed by atoms with E-state index >= 15 is 0 Å². The predicted molar refractivity (Wildman–Crippen MR) is 119 cm³/mol. The van der Waals surface area contributed by atoms with E-state index in [0.29, 0.717) is 16.5 Å². The number of amides is 1. The first-order valence-corrected chi connectivity index (χ1v) is 11.0. The van der Waals surface area contributed by atoms with Gasteiger partial charge in [-0.2, -0.15) is 0 Å². The number of benzene rings is 3. The average Bonchev–Trinajstić information content (AvgIpc) is 2.72. The van der Waals surface area contributed by atoms with Crippen molar-refractivity contribution in [3.8, 4) is 5.75 Å². The lowest BCUT2D eigenvalue weighted by Gasteiger charge is -2.24. The van der Waals surface area contributed by atoms with Crippen molar-refractivity contribution in [2.45, 2.75) is 4.90 Å². The summed E-state index contributed by atoms with van der Waals surface area (Å²) in [5.74, 6) is -0.149. The van der Waals surface area contributed by atoms with Gasteiger partial charge in [0.2, 0.25) is 5.91 Å². The smallest absolute Gasteiger partial charge is 0.264 e. The molecule has 156 valence electrons. The van der Waals surface area contributed by atoms with Crippen molar-refractivity contribution in [2.24, 2.45) is 0 Å². The van der Waals surface area contributed by atoms with Crippen LogP contribution in [0.2, 0.25) is 10.0 Å². The van der Waals surface area contributed by atoms with Gasteiger partial charge < -0.3 is 10.1 Å². The zero-order valence-corrected chi connectivity index (χ0v) is 18.2. The summed E-state index contributed by atoms with van der Waals surface area (Å²) in [6.07, 6.45) is 0. The molecule has 1 N–H and O–H groups in total. The molecule has 0 saturated carbocycles. The largest absolute Gasteiger partial charge is 0.495 e. The molecule has 0 unspecified atom stereocenters. The van der Waals surface area contributed by atoms with Gasteiger partial charge in [-0.25, -0.2) is 8.42 Å². The third-order valence-corrected chi connectivity index (χ3v) is 6.47. The fourth-order valence-corrected chi connectivity index (χ4v) is 4.62. The Bertz CT molecular complexity index is 1150. The Morgan fingerprint density at radius 2 is 1.73 bits per heavy atom. The molecule has 3 rings (SSSR count). The summed E-state index contributed by atoms with van der Waals surface area (Å²) in [5.41, 5.74) is 0.684. The molecule has 0 spiro atoms. The number of nitrogens with one attached hydrogen (secondary N) is 1. The number of carbonyl (C=O) groups is 1. The van der Waals surface area contributed by atoms with E-state index in [9.17, 15) is 13.2 Å². The van der Waals surface area contributed by atoms with Crippen LogP contribution in [0.4, 0.5) is 11.4 Å². The van der Waals surface area contributed by atoms with Gasteiger partial charge in [-0.3, -0.25) is 9.10 Å². The van der Waals surface area contributed by atoms with Crippen LogP contribution in [0.15, 0.2) is 77.7 Å². The van der Waals surface area contributed by atoms with Crippen LogP contribution >= 0.6 is 23.2 Å². The molecule has 3 aromatic carbocycles. The molecule has 6 nitrogen and oxygen atoms in total. The molecule has 0 saturated heterocycles. The number of halogens is 2. The highest BCUT2D eigenvalue weighted by Gasteiger charge is 2.27. The number of nitrogens with zero attached hydrogens (tertiary/aromatic N) is 1. The van der Waals surface area contributed by atoms with Crippen molar-refractivity contribution in [2.75, 3.05) is 23.3 Å². The van der Waals surface area contributed by atoms with Gasteiger partial charge in [0.05, 0.1) is 22.7 Å². The van der Waals surface area contributed by atoms with Gasteiger partial charge in [-0.1, -0.05) is 47.5 Å². The molecule has 0 aliphatic heterocycles. The summed E-state index contributed by atoms with van der Waals surface area (Å²) in [5, 5.41) is 3.33. The number of hydrogen-bond donors (Lipinski definition) is 1. The molecule has 30 heavy (non-hydrogen) atoms. The summed E-state index contributed by atoms with van der Waals surface area (Å²) in [6.45, 7) is -0.466. The number of rotatable bonds is 7. The highest BCUT2D eigenvalue weighted by Crippen LogP contribution is 2.32. The second-order valence-corrected chi connectivity index (χ2v) is 8.91. The van der Waals surface area contributed by atoms with Crippen LogP contribution in [0.1, 0.15) is 0 Å². The third kappa shape index (κ3) is 5.05. The van der Waals surface area contributed by atoms with Gasteiger partial charge in [-0.05, 0) is 48.5 Å². The van der Waals surface area contributed by atoms with E-state index in [1.807, 2.05) is 0 Å². The molecule has 0 aliphatic carbocycles. The van der Waals surface area contributed by atoms with Crippen LogP contribution in [-0.2, 0) is 14.8 Å². The molecule has 0 aromatic heterocycles. The Balaban J connectivity index is 1.97. The first-order valence-electron chi connectivity index (χ1n) is 8.78. The number of sulfonamides is 1. The maximum Gasteiger partial charge on any atom is 0.264 e. The summed E-state index contributed by atoms with van der Waals surface area (Å²) < 4.78 is 32.7. The normalized spacial score (nSPS) is 11.0. The summed E-state index contributed by atoms with van der Waals surface area (Å²) >= 11 is 12.1. The van der Waals surface area contributed by atoms with Crippen molar-refractivity contribution in [3.05, 3.63) is 82.8 Å². The SMILES string of the molecule is COc1ccc(N(CC(=O)Nc2cccc(Cl)c2)S(=O)(=O)c2ccccc2)cc1Cl. The molecule has 0 aliphatic rings. The molecule has 0 bridgehead atoms. The fraction of sp³-hybridized carbons (Fsp3) is 0.0952. The minimum absolute atomic E-state index is 0.0486. The van der Waals surface area contributed by atoms with Crippen molar-refractivity contribution in [3.63, 3.8) is 0 Å². The Morgan fingerprint density at radius 1 is 1.00 bits per heavy atom. The van der Waals surface area contributed by atoms with Crippen molar-refractivity contribution in [1.82, 2.24) is 0 Å². The van der Waals surface area contributed by atoms with E-state index in [4.69, 9.17) is 27.9 Å². The van der Waals surface area contributed by atoms with Gasteiger partial charge in [0.15, 0.2) is 0 Å². The topological polar surface area (TPSA) is 75.7 Å². The summed E-state index contributed by atoms with van der Waals surface area (Å²) in [6, 6.07) is 18.9. The molecule has 0 atom stereocenters. The minimum Gasteiger partial charge on any atom is -0.495 e. The Hall–Kier alpha value is -2.74. The molecule has 0 radical (unpaired) electrons. The van der Waals surface area contributed by atoms with E-state index in [0.717, 1.165) is 4.31 Å². The lowest BCUT2D eigenvalue weighted by molar-refractivity contribution is -0.114. The molecule has 1 amide bonds. The standard InChI is InChI=1S/C21H18Cl2N2O4S/c1-29-20-11-10-17(13-19(20)23)25(30(27,28)18-8-3-2-4-9-18)14-21(26)24-16-7-5-6-15(22)12-16/h2-13H,14H2,1H3,(H,24,26). The van der Waals surface area contributed by atoms with Gasteiger partial charge in [0.1, 0.15) is 12.3 Å². The number of carbonyl (C=O) groups excluding carboxylic acids is 1. The van der Waals surface area contributed by atoms with Crippen LogP contribution in [-0.4, -0.2) is 28.0 Å². The van der Waals surface area contributed by atoms with Crippen LogP contribution in [0.3, 0.4) is 0 Å². The predicted octanol–water partition coefficient (Wildman–Crippen LogP) is 4.84. The summed E-state index contributed by atoms with van der Waals surface area (Å²) in [7, 11) is -2.58. The van der Waals surface area contributed by atoms with E-state index in [-0.39, 0.29) is 15.6 Å². The van der Waals surface area contributed by atoms with Crippen molar-refractivity contribution in [1.29, 1.82) is 0 Å². The molecule has 3 aromatic rings. The number of ether oxygens (including phenoxy) is 1. The Kier molecular flexibility index (Phi) is 6.87. The van der Waals surface area contributed by atoms with Crippen LogP contribution < -0.4 is 14.4 Å². The summed E-state index contributed by atoms with van der Waals surface area (Å²) in [4.78, 5) is 12.7. The van der Waals surface area contributed by atoms with Crippen molar-refractivity contribution >= 4 is 50.5 Å². The van der Waals surface area contributed by atoms with E-state index < -0.39 is 22.5 Å². The quantitative estimate of drug-likeness (QED) is 0.542. The first kappa shape index (κ1) is 22.0. The zero-order valence-electron chi connectivity index (χ0n) is 15.9. The second kappa shape index (κ2) is 9.38. The van der Waals surface area contributed by atoms with E-state index in [2.05, 4.69) is 5.32 Å². The third-order valence-electron chi connectivity index (χ3n) is 4.15. The number of methoxy groups -OCH3 is 1. The second-order valence-electron chi connectivity index (χ2n) is 6.20. The minimum atomic E-state index is -4.04. The lowest BCUT2D eigenvalue weighted by atomic mass is 10.3. The first-order chi connectivity index (χ1) is 14.3. The monoisotopic (exact) mass is 464 g/mol. The van der Waals surface area contributed by atoms with Gasteiger partial charge >= 0.3 is 0 Å². The lowest BCUT2D eigenvalue weighted by Crippen LogP contribution is -2.38. The fourth-order valence-electron chi connectivity index (χ4n) is 2.74. The zero-order chi connectivity index (χ0) is 21.7. The number of anilines is 2. The molecular weight excluding hydrogens is 447 g/mol. The highest BCUT2D eigenvalue weighted by molar-refractivity contribution is 7.92. The van der Waals surface area contributed by atoms with Crippen LogP contribution in [0.25, 0.3) is 0 Å².